The van der Waals surface area contributed by atoms with Gasteiger partial charge in [0, 0.05) is 11.3 Å². The first-order chi connectivity index (χ1) is 13.2. The summed E-state index contributed by atoms with van der Waals surface area (Å²) in [5.41, 5.74) is 4.08. The fourth-order valence-electron chi connectivity index (χ4n) is 5.03. The zero-order valence-electron chi connectivity index (χ0n) is 15.3. The normalized spacial score (nSPS) is 28.3. The lowest BCUT2D eigenvalue weighted by Crippen LogP contribution is -2.41. The summed E-state index contributed by atoms with van der Waals surface area (Å²) in [4.78, 5) is 28.2. The number of fused-ring (bicyclic) bond motifs is 5. The van der Waals surface area contributed by atoms with Crippen LogP contribution in [0, 0.1) is 17.8 Å². The Morgan fingerprint density at radius 1 is 0.926 bits per heavy atom. The molecule has 2 aromatic rings. The van der Waals surface area contributed by atoms with Crippen molar-refractivity contribution in [1.29, 1.82) is 0 Å². The van der Waals surface area contributed by atoms with Crippen molar-refractivity contribution in [2.75, 3.05) is 10.2 Å². The maximum Gasteiger partial charge on any atom is 0.240 e. The molecule has 0 aromatic heterocycles. The number of nitrogens with one attached hydrogen (secondary N) is 1. The minimum Gasteiger partial charge on any atom is -0.377 e. The van der Waals surface area contributed by atoms with Crippen LogP contribution in [-0.4, -0.2) is 17.9 Å². The summed E-state index contributed by atoms with van der Waals surface area (Å²) in [5.74, 6) is -0.657. The van der Waals surface area contributed by atoms with Gasteiger partial charge in [-0.1, -0.05) is 55.8 Å². The van der Waals surface area contributed by atoms with Crippen molar-refractivity contribution in [3.05, 3.63) is 66.2 Å². The first kappa shape index (κ1) is 16.3. The van der Waals surface area contributed by atoms with E-state index in [2.05, 4.69) is 30.4 Å². The number of para-hydroxylation sites is 2. The smallest absolute Gasteiger partial charge is 0.240 e. The summed E-state index contributed by atoms with van der Waals surface area (Å²) in [6, 6.07) is 17.4. The third-order valence-electron chi connectivity index (χ3n) is 6.13. The molecule has 0 saturated carbocycles. The second-order valence-electron chi connectivity index (χ2n) is 7.64. The SMILES string of the molecule is CCC[C@@H]1C=C2c3ccccc3NC2[C@@H]2C(=O)N(c3ccccc3)C(=O)[C@H]12. The number of benzene rings is 2. The van der Waals surface area contributed by atoms with E-state index in [1.54, 1.807) is 0 Å². The molecule has 0 radical (unpaired) electrons. The molecule has 2 amide bonds. The first-order valence-electron chi connectivity index (χ1n) is 9.71. The van der Waals surface area contributed by atoms with Crippen molar-refractivity contribution >= 4 is 28.8 Å². The lowest BCUT2D eigenvalue weighted by molar-refractivity contribution is -0.122. The highest BCUT2D eigenvalue weighted by Gasteiger charge is 2.57. The Balaban J connectivity index is 1.61. The molecule has 1 aliphatic carbocycles. The van der Waals surface area contributed by atoms with Crippen LogP contribution in [0.1, 0.15) is 25.3 Å². The van der Waals surface area contributed by atoms with Crippen molar-refractivity contribution in [3.8, 4) is 0 Å². The number of amides is 2. The molecule has 4 nitrogen and oxygen atoms in total. The number of hydrogen-bond donors (Lipinski definition) is 1. The van der Waals surface area contributed by atoms with Crippen LogP contribution in [0.5, 0.6) is 0 Å². The molecule has 2 heterocycles. The first-order valence-corrected chi connectivity index (χ1v) is 9.71. The average molecular weight is 358 g/mol. The van der Waals surface area contributed by atoms with Crippen LogP contribution in [0.4, 0.5) is 11.4 Å². The minimum absolute atomic E-state index is 0.0530. The van der Waals surface area contributed by atoms with Crippen LogP contribution in [0.25, 0.3) is 5.57 Å². The van der Waals surface area contributed by atoms with Gasteiger partial charge < -0.3 is 5.32 Å². The molecule has 4 heteroatoms. The van der Waals surface area contributed by atoms with Gasteiger partial charge in [0.25, 0.3) is 0 Å². The largest absolute Gasteiger partial charge is 0.377 e. The van der Waals surface area contributed by atoms with Crippen molar-refractivity contribution in [2.24, 2.45) is 17.8 Å². The van der Waals surface area contributed by atoms with Gasteiger partial charge in [0.05, 0.1) is 23.6 Å². The summed E-state index contributed by atoms with van der Waals surface area (Å²) in [6.45, 7) is 2.14. The van der Waals surface area contributed by atoms with E-state index in [1.807, 2.05) is 42.5 Å². The molecule has 2 aromatic carbocycles. The molecule has 136 valence electrons. The molecular weight excluding hydrogens is 336 g/mol. The topological polar surface area (TPSA) is 49.4 Å². The van der Waals surface area contributed by atoms with Crippen molar-refractivity contribution in [1.82, 2.24) is 0 Å². The van der Waals surface area contributed by atoms with Gasteiger partial charge >= 0.3 is 0 Å². The van der Waals surface area contributed by atoms with Crippen molar-refractivity contribution in [3.63, 3.8) is 0 Å². The van der Waals surface area contributed by atoms with Crippen LogP contribution in [0.15, 0.2) is 60.7 Å². The van der Waals surface area contributed by atoms with Crippen LogP contribution < -0.4 is 10.2 Å². The summed E-state index contributed by atoms with van der Waals surface area (Å²) in [7, 11) is 0. The Kier molecular flexibility index (Phi) is 3.67. The van der Waals surface area contributed by atoms with E-state index in [0.717, 1.165) is 18.5 Å². The van der Waals surface area contributed by atoms with Crippen molar-refractivity contribution in [2.45, 2.75) is 25.8 Å². The quantitative estimate of drug-likeness (QED) is 0.841. The van der Waals surface area contributed by atoms with E-state index in [9.17, 15) is 9.59 Å². The fraction of sp³-hybridized carbons (Fsp3) is 0.304. The van der Waals surface area contributed by atoms with E-state index >= 15 is 0 Å². The third-order valence-corrected chi connectivity index (χ3v) is 6.13. The number of carbonyl (C=O) groups is 2. The Labute approximate surface area is 158 Å². The van der Waals surface area contributed by atoms with Gasteiger partial charge in [-0.2, -0.15) is 0 Å². The standard InChI is InChI=1S/C23H22N2O2/c1-2-8-14-13-17-16-11-6-7-12-18(16)24-21(17)20-19(14)22(26)25(23(20)27)15-9-4-3-5-10-15/h3-7,9-14,19-21,24H,2,8H2,1H3/t14-,19-,20-,21?/m1/s1. The van der Waals surface area contributed by atoms with Gasteiger partial charge in [0.15, 0.2) is 0 Å². The Bertz CT molecular complexity index is 950. The summed E-state index contributed by atoms with van der Waals surface area (Å²) < 4.78 is 0. The van der Waals surface area contributed by atoms with E-state index in [1.165, 1.54) is 16.0 Å². The number of allylic oxidation sites excluding steroid dienone is 1. The molecule has 3 aliphatic rings. The Morgan fingerprint density at radius 3 is 2.41 bits per heavy atom. The molecule has 5 rings (SSSR count). The Morgan fingerprint density at radius 2 is 1.63 bits per heavy atom. The van der Waals surface area contributed by atoms with Gasteiger partial charge in [-0.15, -0.1) is 0 Å². The molecule has 27 heavy (non-hydrogen) atoms. The second-order valence-corrected chi connectivity index (χ2v) is 7.64. The molecular formula is C23H22N2O2. The maximum absolute atomic E-state index is 13.4. The molecule has 1 fully saturated rings. The lowest BCUT2D eigenvalue weighted by atomic mass is 9.70. The van der Waals surface area contributed by atoms with Crippen LogP contribution in [0.3, 0.4) is 0 Å². The highest BCUT2D eigenvalue weighted by molar-refractivity contribution is 6.23. The predicted molar refractivity (Wildman–Crippen MR) is 106 cm³/mol. The van der Waals surface area contributed by atoms with Gasteiger partial charge in [-0.3, -0.25) is 9.59 Å². The molecule has 1 saturated heterocycles. The Hall–Kier alpha value is -2.88. The van der Waals surface area contributed by atoms with E-state index in [4.69, 9.17) is 0 Å². The number of hydrogen-bond acceptors (Lipinski definition) is 3. The monoisotopic (exact) mass is 358 g/mol. The molecule has 4 atom stereocenters. The van der Waals surface area contributed by atoms with E-state index in [0.29, 0.717) is 5.69 Å². The second kappa shape index (κ2) is 6.08. The van der Waals surface area contributed by atoms with Crippen molar-refractivity contribution < 1.29 is 9.59 Å². The van der Waals surface area contributed by atoms with Gasteiger partial charge in [0.1, 0.15) is 0 Å². The zero-order chi connectivity index (χ0) is 18.5. The third kappa shape index (κ3) is 2.29. The molecule has 2 aliphatic heterocycles. The number of anilines is 2. The highest BCUT2D eigenvalue weighted by Crippen LogP contribution is 2.51. The highest BCUT2D eigenvalue weighted by atomic mass is 16.2. The molecule has 0 spiro atoms. The van der Waals surface area contributed by atoms with Gasteiger partial charge in [-0.25, -0.2) is 4.90 Å². The molecule has 0 bridgehead atoms. The number of nitrogens with zero attached hydrogens (tertiary/aromatic N) is 1. The fourth-order valence-corrected chi connectivity index (χ4v) is 5.03. The van der Waals surface area contributed by atoms with E-state index < -0.39 is 0 Å². The summed E-state index contributed by atoms with van der Waals surface area (Å²) in [6.07, 6.45) is 4.17. The molecule has 1 N–H and O–H groups in total. The summed E-state index contributed by atoms with van der Waals surface area (Å²) in [5, 5.41) is 3.53. The van der Waals surface area contributed by atoms with E-state index in [-0.39, 0.29) is 35.6 Å². The number of imide groups is 1. The minimum atomic E-state index is -0.346. The zero-order valence-corrected chi connectivity index (χ0v) is 15.3. The van der Waals surface area contributed by atoms with Crippen LogP contribution in [-0.2, 0) is 9.59 Å². The maximum atomic E-state index is 13.4. The van der Waals surface area contributed by atoms with Gasteiger partial charge in [-0.05, 0) is 36.1 Å². The number of carbonyl (C=O) groups excluding carboxylic acids is 2. The van der Waals surface area contributed by atoms with Gasteiger partial charge in [0.2, 0.25) is 11.8 Å². The lowest BCUT2D eigenvalue weighted by Gasteiger charge is -2.33. The number of rotatable bonds is 3. The summed E-state index contributed by atoms with van der Waals surface area (Å²) >= 11 is 0. The average Bonchev–Trinajstić information content (AvgIpc) is 3.18. The predicted octanol–water partition coefficient (Wildman–Crippen LogP) is 4.10. The van der Waals surface area contributed by atoms with Crippen LogP contribution >= 0.6 is 0 Å². The molecule has 1 unspecified atom stereocenters. The van der Waals surface area contributed by atoms with Crippen LogP contribution in [0.2, 0.25) is 0 Å².